The van der Waals surface area contributed by atoms with E-state index in [2.05, 4.69) is 13.8 Å². The van der Waals surface area contributed by atoms with Crippen molar-refractivity contribution in [3.8, 4) is 0 Å². The minimum absolute atomic E-state index is 0.0105. The second-order valence-electron chi connectivity index (χ2n) is 7.67. The van der Waals surface area contributed by atoms with Crippen LogP contribution in [0.2, 0.25) is 5.31 Å². The SMILES string of the molecule is [B]C1(C)CCCCCCC(C)(C(=O)N(C)OC)CCCCC1. The molecule has 1 aliphatic carbocycles. The van der Waals surface area contributed by atoms with E-state index in [9.17, 15) is 4.79 Å². The minimum atomic E-state index is -0.287. The van der Waals surface area contributed by atoms with Crippen LogP contribution in [-0.2, 0) is 9.63 Å². The van der Waals surface area contributed by atoms with Gasteiger partial charge in [0.05, 0.1) is 15.0 Å². The Labute approximate surface area is 138 Å². The van der Waals surface area contributed by atoms with Crippen LogP contribution >= 0.6 is 0 Å². The molecule has 4 heteroatoms. The van der Waals surface area contributed by atoms with Gasteiger partial charge in [-0.3, -0.25) is 9.63 Å². The van der Waals surface area contributed by atoms with E-state index < -0.39 is 0 Å². The third-order valence-corrected chi connectivity index (χ3v) is 5.28. The van der Waals surface area contributed by atoms with Gasteiger partial charge in [0.2, 0.25) is 0 Å². The zero-order valence-corrected chi connectivity index (χ0v) is 15.1. The predicted molar refractivity (Wildman–Crippen MR) is 92.8 cm³/mol. The molecule has 2 unspecified atom stereocenters. The van der Waals surface area contributed by atoms with Crippen molar-refractivity contribution in [3.63, 3.8) is 0 Å². The van der Waals surface area contributed by atoms with E-state index in [1.165, 1.54) is 24.3 Å². The fourth-order valence-electron chi connectivity index (χ4n) is 3.55. The second-order valence-corrected chi connectivity index (χ2v) is 7.67. The van der Waals surface area contributed by atoms with E-state index in [1.54, 1.807) is 14.2 Å². The molecule has 0 N–H and O–H groups in total. The third kappa shape index (κ3) is 6.32. The summed E-state index contributed by atoms with van der Waals surface area (Å²) in [6.07, 6.45) is 12.3. The van der Waals surface area contributed by atoms with E-state index in [0.717, 1.165) is 51.4 Å². The highest BCUT2D eigenvalue weighted by atomic mass is 16.7. The van der Waals surface area contributed by atoms with Crippen LogP contribution in [0, 0.1) is 5.41 Å². The molecule has 1 amide bonds. The van der Waals surface area contributed by atoms with Gasteiger partial charge in [0.15, 0.2) is 0 Å². The summed E-state index contributed by atoms with van der Waals surface area (Å²) in [6, 6.07) is 0. The van der Waals surface area contributed by atoms with Gasteiger partial charge in [-0.15, -0.1) is 0 Å². The molecular formula is C18H34BNO2. The molecule has 126 valence electrons. The first-order valence-corrected chi connectivity index (χ1v) is 8.92. The molecular weight excluding hydrogens is 273 g/mol. The molecule has 0 aliphatic heterocycles. The van der Waals surface area contributed by atoms with E-state index in [1.807, 2.05) is 0 Å². The smallest absolute Gasteiger partial charge is 0.251 e. The lowest BCUT2D eigenvalue weighted by molar-refractivity contribution is -0.180. The number of carbonyl (C=O) groups excluding carboxylic acids is 1. The van der Waals surface area contributed by atoms with Gasteiger partial charge in [-0.1, -0.05) is 76.9 Å². The predicted octanol–water partition coefficient (Wildman–Crippen LogP) is 4.66. The molecule has 1 saturated carbocycles. The van der Waals surface area contributed by atoms with Crippen molar-refractivity contribution in [3.05, 3.63) is 0 Å². The van der Waals surface area contributed by atoms with Crippen molar-refractivity contribution in [1.29, 1.82) is 0 Å². The molecule has 0 aromatic rings. The molecule has 3 nitrogen and oxygen atoms in total. The lowest BCUT2D eigenvalue weighted by Crippen LogP contribution is -2.39. The van der Waals surface area contributed by atoms with Crippen LogP contribution in [0.25, 0.3) is 0 Å². The molecule has 0 saturated heterocycles. The van der Waals surface area contributed by atoms with Gasteiger partial charge in [0, 0.05) is 12.5 Å². The number of hydrogen-bond acceptors (Lipinski definition) is 2. The summed E-state index contributed by atoms with van der Waals surface area (Å²) in [4.78, 5) is 17.7. The average Bonchev–Trinajstić information content (AvgIpc) is 2.49. The number of hydrogen-bond donors (Lipinski definition) is 0. The summed E-state index contributed by atoms with van der Waals surface area (Å²) in [5.74, 6) is 0.119. The van der Waals surface area contributed by atoms with Crippen molar-refractivity contribution in [1.82, 2.24) is 5.06 Å². The van der Waals surface area contributed by atoms with Gasteiger partial charge in [0.25, 0.3) is 5.91 Å². The van der Waals surface area contributed by atoms with Crippen LogP contribution in [0.15, 0.2) is 0 Å². The number of rotatable bonds is 2. The first-order valence-electron chi connectivity index (χ1n) is 8.92. The zero-order valence-electron chi connectivity index (χ0n) is 15.1. The van der Waals surface area contributed by atoms with Crippen molar-refractivity contribution in [2.24, 2.45) is 5.41 Å². The van der Waals surface area contributed by atoms with Crippen LogP contribution in [0.1, 0.15) is 84.5 Å². The Morgan fingerprint density at radius 3 is 1.77 bits per heavy atom. The van der Waals surface area contributed by atoms with Crippen molar-refractivity contribution in [2.75, 3.05) is 14.2 Å². The van der Waals surface area contributed by atoms with E-state index >= 15 is 0 Å². The minimum Gasteiger partial charge on any atom is -0.275 e. The summed E-state index contributed by atoms with van der Waals surface area (Å²) in [6.45, 7) is 4.30. The number of amides is 1. The largest absolute Gasteiger partial charge is 0.275 e. The van der Waals surface area contributed by atoms with Crippen molar-refractivity contribution < 1.29 is 9.63 Å². The third-order valence-electron chi connectivity index (χ3n) is 5.28. The standard InChI is InChI=1S/C18H34BNO2/c1-17(16(21)20(3)22-4)12-8-5-6-10-14-18(2,19)15-11-7-9-13-17/h5-15H2,1-4H3. The summed E-state index contributed by atoms with van der Waals surface area (Å²) in [7, 11) is 9.65. The molecule has 1 fully saturated rings. The van der Waals surface area contributed by atoms with Crippen molar-refractivity contribution >= 4 is 13.8 Å². The van der Waals surface area contributed by atoms with Crippen molar-refractivity contribution in [2.45, 2.75) is 89.8 Å². The number of hydroxylamine groups is 2. The molecule has 1 rings (SSSR count). The van der Waals surface area contributed by atoms with Gasteiger partial charge < -0.3 is 0 Å². The highest BCUT2D eigenvalue weighted by Crippen LogP contribution is 2.38. The second kappa shape index (κ2) is 8.95. The van der Waals surface area contributed by atoms with Gasteiger partial charge in [-0.05, 0) is 12.8 Å². The monoisotopic (exact) mass is 307 g/mol. The Morgan fingerprint density at radius 1 is 0.909 bits per heavy atom. The first kappa shape index (κ1) is 19.5. The average molecular weight is 307 g/mol. The molecule has 1 aliphatic rings. The molecule has 0 aromatic heterocycles. The van der Waals surface area contributed by atoms with Gasteiger partial charge in [0.1, 0.15) is 0 Å². The Balaban J connectivity index is 2.66. The molecule has 2 radical (unpaired) electrons. The Kier molecular flexibility index (Phi) is 7.95. The summed E-state index contributed by atoms with van der Waals surface area (Å²) in [5, 5.41) is 1.39. The molecule has 2 atom stereocenters. The van der Waals surface area contributed by atoms with E-state index in [4.69, 9.17) is 12.7 Å². The van der Waals surface area contributed by atoms with Crippen LogP contribution < -0.4 is 0 Å². The fourth-order valence-corrected chi connectivity index (χ4v) is 3.55. The van der Waals surface area contributed by atoms with Gasteiger partial charge in [-0.2, -0.15) is 0 Å². The molecule has 0 aromatic carbocycles. The first-order chi connectivity index (χ1) is 10.3. The Morgan fingerprint density at radius 2 is 1.32 bits per heavy atom. The summed E-state index contributed by atoms with van der Waals surface area (Å²) < 4.78 is 0. The zero-order chi connectivity index (χ0) is 16.6. The maximum absolute atomic E-state index is 12.6. The van der Waals surface area contributed by atoms with Crippen LogP contribution in [0.4, 0.5) is 0 Å². The van der Waals surface area contributed by atoms with Crippen LogP contribution in [0.3, 0.4) is 0 Å². The van der Waals surface area contributed by atoms with Crippen LogP contribution in [-0.4, -0.2) is 33.0 Å². The van der Waals surface area contributed by atoms with Gasteiger partial charge in [-0.25, -0.2) is 5.06 Å². The molecule has 0 heterocycles. The highest BCUT2D eigenvalue weighted by Gasteiger charge is 2.35. The quantitative estimate of drug-likeness (QED) is 0.548. The lowest BCUT2D eigenvalue weighted by Gasteiger charge is -2.31. The maximum Gasteiger partial charge on any atom is 0.251 e. The Hall–Kier alpha value is -0.505. The lowest BCUT2D eigenvalue weighted by atomic mass is 9.64. The van der Waals surface area contributed by atoms with E-state index in [0.29, 0.717) is 0 Å². The normalized spacial score (nSPS) is 32.4. The fraction of sp³-hybridized carbons (Fsp3) is 0.944. The Bertz CT molecular complexity index is 346. The van der Waals surface area contributed by atoms with Gasteiger partial charge >= 0.3 is 0 Å². The molecule has 22 heavy (non-hydrogen) atoms. The van der Waals surface area contributed by atoms with E-state index in [-0.39, 0.29) is 16.6 Å². The maximum atomic E-state index is 12.6. The number of carbonyl (C=O) groups is 1. The molecule has 0 bridgehead atoms. The topological polar surface area (TPSA) is 29.5 Å². The molecule has 0 spiro atoms. The highest BCUT2D eigenvalue weighted by molar-refractivity contribution is 6.14. The summed E-state index contributed by atoms with van der Waals surface area (Å²) >= 11 is 0. The van der Waals surface area contributed by atoms with Crippen LogP contribution in [0.5, 0.6) is 0 Å². The summed E-state index contributed by atoms with van der Waals surface area (Å²) in [5.41, 5.74) is -0.287. The number of nitrogens with zero attached hydrogens (tertiary/aromatic N) is 1.